The van der Waals surface area contributed by atoms with Gasteiger partial charge in [0.05, 0.1) is 17.3 Å². The van der Waals surface area contributed by atoms with Crippen molar-refractivity contribution in [3.05, 3.63) is 59.1 Å². The van der Waals surface area contributed by atoms with E-state index in [9.17, 15) is 0 Å². The minimum atomic E-state index is 0.875. The Morgan fingerprint density at radius 1 is 1.00 bits per heavy atom. The first-order valence-corrected chi connectivity index (χ1v) is 6.85. The quantitative estimate of drug-likeness (QED) is 0.698. The lowest BCUT2D eigenvalue weighted by Gasteiger charge is -2.02. The van der Waals surface area contributed by atoms with E-state index in [1.54, 1.807) is 18.4 Å². The zero-order valence-electron chi connectivity index (χ0n) is 10.5. The van der Waals surface area contributed by atoms with Crippen LogP contribution in [0.15, 0.2) is 48.5 Å². The van der Waals surface area contributed by atoms with Crippen LogP contribution in [0.5, 0.6) is 5.75 Å². The Balaban J connectivity index is 1.93. The van der Waals surface area contributed by atoms with Crippen molar-refractivity contribution in [2.75, 3.05) is 7.11 Å². The molecule has 94 valence electrons. The van der Waals surface area contributed by atoms with Gasteiger partial charge in [-0.05, 0) is 30.4 Å². The van der Waals surface area contributed by atoms with Crippen LogP contribution in [-0.2, 0) is 0 Å². The summed E-state index contributed by atoms with van der Waals surface area (Å²) in [5.74, 6) is 0.875. The summed E-state index contributed by atoms with van der Waals surface area (Å²) in [7, 11) is 1.68. The van der Waals surface area contributed by atoms with E-state index < -0.39 is 0 Å². The standard InChI is InChI=1S/C16H13NOS/c1-18-14-8-4-2-6-12(14)10-11-16-17-13-7-3-5-9-15(13)19-16/h2-11H,1H3/b11-10+. The van der Waals surface area contributed by atoms with Crippen molar-refractivity contribution in [1.82, 2.24) is 4.98 Å². The Labute approximate surface area is 116 Å². The number of hydrogen-bond acceptors (Lipinski definition) is 3. The minimum absolute atomic E-state index is 0.875. The second-order valence-corrected chi connectivity index (χ2v) is 5.16. The summed E-state index contributed by atoms with van der Waals surface area (Å²) >= 11 is 1.69. The van der Waals surface area contributed by atoms with Crippen LogP contribution in [0.1, 0.15) is 10.6 Å². The molecule has 1 aromatic heterocycles. The third-order valence-electron chi connectivity index (χ3n) is 2.85. The van der Waals surface area contributed by atoms with E-state index >= 15 is 0 Å². The van der Waals surface area contributed by atoms with Crippen LogP contribution in [0, 0.1) is 0 Å². The molecule has 3 rings (SSSR count). The maximum Gasteiger partial charge on any atom is 0.126 e. The average molecular weight is 267 g/mol. The molecule has 0 fully saturated rings. The lowest BCUT2D eigenvalue weighted by molar-refractivity contribution is 0.414. The number of para-hydroxylation sites is 2. The van der Waals surface area contributed by atoms with Gasteiger partial charge in [0, 0.05) is 5.56 Å². The second-order valence-electron chi connectivity index (χ2n) is 4.10. The molecule has 19 heavy (non-hydrogen) atoms. The molecule has 0 bridgehead atoms. The van der Waals surface area contributed by atoms with Gasteiger partial charge in [-0.2, -0.15) is 0 Å². The molecule has 0 aliphatic heterocycles. The van der Waals surface area contributed by atoms with Gasteiger partial charge >= 0.3 is 0 Å². The Morgan fingerprint density at radius 3 is 2.63 bits per heavy atom. The van der Waals surface area contributed by atoms with Gasteiger partial charge in [-0.15, -0.1) is 11.3 Å². The van der Waals surface area contributed by atoms with Crippen LogP contribution in [0.4, 0.5) is 0 Å². The van der Waals surface area contributed by atoms with Crippen molar-refractivity contribution in [2.24, 2.45) is 0 Å². The monoisotopic (exact) mass is 267 g/mol. The van der Waals surface area contributed by atoms with Crippen LogP contribution < -0.4 is 4.74 Å². The predicted molar refractivity (Wildman–Crippen MR) is 81.5 cm³/mol. The maximum atomic E-state index is 5.32. The van der Waals surface area contributed by atoms with E-state index in [0.717, 1.165) is 21.8 Å². The van der Waals surface area contributed by atoms with E-state index in [4.69, 9.17) is 4.74 Å². The summed E-state index contributed by atoms with van der Waals surface area (Å²) in [4.78, 5) is 4.57. The third-order valence-corrected chi connectivity index (χ3v) is 3.86. The molecule has 0 spiro atoms. The molecule has 0 radical (unpaired) electrons. The number of methoxy groups -OCH3 is 1. The maximum absolute atomic E-state index is 5.32. The lowest BCUT2D eigenvalue weighted by Crippen LogP contribution is -1.85. The van der Waals surface area contributed by atoms with E-state index in [-0.39, 0.29) is 0 Å². The highest BCUT2D eigenvalue weighted by Gasteiger charge is 2.01. The number of nitrogens with zero attached hydrogens (tertiary/aromatic N) is 1. The van der Waals surface area contributed by atoms with Gasteiger partial charge in [-0.25, -0.2) is 4.98 Å². The summed E-state index contributed by atoms with van der Waals surface area (Å²) < 4.78 is 6.53. The van der Waals surface area contributed by atoms with Crippen molar-refractivity contribution >= 4 is 33.7 Å². The molecule has 0 aliphatic carbocycles. The van der Waals surface area contributed by atoms with Crippen LogP contribution in [0.3, 0.4) is 0 Å². The molecule has 0 unspecified atom stereocenters. The third kappa shape index (κ3) is 2.51. The number of fused-ring (bicyclic) bond motifs is 1. The molecule has 3 aromatic rings. The molecular weight excluding hydrogens is 254 g/mol. The molecule has 0 N–H and O–H groups in total. The molecule has 0 aliphatic rings. The lowest BCUT2D eigenvalue weighted by atomic mass is 10.2. The molecule has 2 nitrogen and oxygen atoms in total. The highest BCUT2D eigenvalue weighted by molar-refractivity contribution is 7.19. The van der Waals surface area contributed by atoms with Crippen molar-refractivity contribution < 1.29 is 4.74 Å². The first kappa shape index (κ1) is 11.9. The summed E-state index contributed by atoms with van der Waals surface area (Å²) in [6.07, 6.45) is 4.07. The Kier molecular flexibility index (Phi) is 3.29. The average Bonchev–Trinajstić information content (AvgIpc) is 2.88. The van der Waals surface area contributed by atoms with Crippen LogP contribution in [-0.4, -0.2) is 12.1 Å². The fraction of sp³-hybridized carbons (Fsp3) is 0.0625. The molecule has 2 aromatic carbocycles. The van der Waals surface area contributed by atoms with Gasteiger partial charge in [-0.3, -0.25) is 0 Å². The number of hydrogen-bond donors (Lipinski definition) is 0. The molecular formula is C16H13NOS. The fourth-order valence-corrected chi connectivity index (χ4v) is 2.80. The van der Waals surface area contributed by atoms with Gasteiger partial charge in [0.25, 0.3) is 0 Å². The number of ether oxygens (including phenoxy) is 1. The highest BCUT2D eigenvalue weighted by atomic mass is 32.1. The zero-order chi connectivity index (χ0) is 13.1. The number of aromatic nitrogens is 1. The fourth-order valence-electron chi connectivity index (χ4n) is 1.93. The van der Waals surface area contributed by atoms with E-state index in [1.807, 2.05) is 54.6 Å². The first-order chi connectivity index (χ1) is 9.36. The van der Waals surface area contributed by atoms with Gasteiger partial charge in [0.15, 0.2) is 0 Å². The topological polar surface area (TPSA) is 22.1 Å². The zero-order valence-corrected chi connectivity index (χ0v) is 11.4. The summed E-state index contributed by atoms with van der Waals surface area (Å²) in [6, 6.07) is 16.1. The van der Waals surface area contributed by atoms with E-state index in [2.05, 4.69) is 11.1 Å². The number of thiazole rings is 1. The largest absolute Gasteiger partial charge is 0.496 e. The van der Waals surface area contributed by atoms with Gasteiger partial charge in [0.1, 0.15) is 10.8 Å². The molecule has 0 saturated heterocycles. The molecule has 0 amide bonds. The normalized spacial score (nSPS) is 11.2. The van der Waals surface area contributed by atoms with Gasteiger partial charge in [0.2, 0.25) is 0 Å². The Hall–Kier alpha value is -2.13. The van der Waals surface area contributed by atoms with Crippen molar-refractivity contribution in [3.63, 3.8) is 0 Å². The minimum Gasteiger partial charge on any atom is -0.496 e. The SMILES string of the molecule is COc1ccccc1/C=C/c1nc2ccccc2s1. The van der Waals surface area contributed by atoms with Crippen molar-refractivity contribution in [2.45, 2.75) is 0 Å². The molecule has 0 saturated carbocycles. The second kappa shape index (κ2) is 5.24. The van der Waals surface area contributed by atoms with Crippen molar-refractivity contribution in [3.8, 4) is 5.75 Å². The summed E-state index contributed by atoms with van der Waals surface area (Å²) in [5.41, 5.74) is 2.11. The Morgan fingerprint density at radius 2 is 1.79 bits per heavy atom. The smallest absolute Gasteiger partial charge is 0.126 e. The molecule has 1 heterocycles. The van der Waals surface area contributed by atoms with Crippen LogP contribution >= 0.6 is 11.3 Å². The van der Waals surface area contributed by atoms with Crippen molar-refractivity contribution in [1.29, 1.82) is 0 Å². The number of rotatable bonds is 3. The van der Waals surface area contributed by atoms with Crippen LogP contribution in [0.25, 0.3) is 22.4 Å². The molecule has 3 heteroatoms. The van der Waals surface area contributed by atoms with E-state index in [0.29, 0.717) is 0 Å². The summed E-state index contributed by atoms with van der Waals surface area (Å²) in [5, 5.41) is 1.01. The van der Waals surface area contributed by atoms with Gasteiger partial charge in [-0.1, -0.05) is 30.3 Å². The highest BCUT2D eigenvalue weighted by Crippen LogP contribution is 2.25. The van der Waals surface area contributed by atoms with Crippen LogP contribution in [0.2, 0.25) is 0 Å². The molecule has 0 atom stereocenters. The predicted octanol–water partition coefficient (Wildman–Crippen LogP) is 4.48. The van der Waals surface area contributed by atoms with E-state index in [1.165, 1.54) is 4.70 Å². The first-order valence-electron chi connectivity index (χ1n) is 6.03. The van der Waals surface area contributed by atoms with Gasteiger partial charge < -0.3 is 4.74 Å². The Bertz CT molecular complexity index is 697. The summed E-state index contributed by atoms with van der Waals surface area (Å²) in [6.45, 7) is 0. The number of benzene rings is 2.